The minimum absolute atomic E-state index is 0.192. The van der Waals surface area contributed by atoms with Crippen molar-refractivity contribution in [3.63, 3.8) is 0 Å². The van der Waals surface area contributed by atoms with Crippen molar-refractivity contribution in [1.82, 2.24) is 29.4 Å². The number of benzene rings is 1. The van der Waals surface area contributed by atoms with Gasteiger partial charge in [-0.15, -0.1) is 0 Å². The third-order valence-electron chi connectivity index (χ3n) is 7.67. The maximum Gasteiger partial charge on any atom is 0.232 e. The van der Waals surface area contributed by atoms with E-state index in [2.05, 4.69) is 59.5 Å². The largest absolute Gasteiger partial charge is 0.395 e. The molecule has 0 unspecified atom stereocenters. The van der Waals surface area contributed by atoms with Gasteiger partial charge in [-0.3, -0.25) is 9.80 Å². The van der Waals surface area contributed by atoms with Crippen LogP contribution in [0.1, 0.15) is 30.9 Å². The van der Waals surface area contributed by atoms with E-state index in [1.807, 2.05) is 6.07 Å². The second-order valence-electron chi connectivity index (χ2n) is 10.5. The number of nitrogens with zero attached hydrogens (tertiary/aromatic N) is 9. The molecule has 3 aliphatic rings. The van der Waals surface area contributed by atoms with E-state index in [1.54, 1.807) is 6.07 Å². The summed E-state index contributed by atoms with van der Waals surface area (Å²) in [6, 6.07) is 8.93. The van der Waals surface area contributed by atoms with E-state index in [-0.39, 0.29) is 18.6 Å². The first-order chi connectivity index (χ1) is 19.0. The van der Waals surface area contributed by atoms with Crippen molar-refractivity contribution in [3.8, 4) is 12.1 Å². The molecule has 1 atom stereocenters. The molecule has 2 aromatic heterocycles. The molecule has 202 valence electrons. The van der Waals surface area contributed by atoms with Gasteiger partial charge < -0.3 is 20.6 Å². The summed E-state index contributed by atoms with van der Waals surface area (Å²) in [4.78, 5) is 16.2. The minimum atomic E-state index is 0.192. The van der Waals surface area contributed by atoms with Crippen LogP contribution in [0, 0.1) is 22.7 Å². The van der Waals surface area contributed by atoms with E-state index in [4.69, 9.17) is 16.7 Å². The number of β-amino-alcohol motifs (C(OH)–C–C–N with tert-alkyl or cyclic N) is 1. The summed E-state index contributed by atoms with van der Waals surface area (Å²) in [7, 11) is 0. The highest BCUT2D eigenvalue weighted by Crippen LogP contribution is 2.38. The van der Waals surface area contributed by atoms with Crippen LogP contribution in [0.4, 0.5) is 23.3 Å². The molecule has 3 fully saturated rings. The number of aliphatic hydroxyl groups excluding tert-OH is 1. The second-order valence-corrected chi connectivity index (χ2v) is 10.8. The summed E-state index contributed by atoms with van der Waals surface area (Å²) in [5, 5.41) is 39.8. The Labute approximate surface area is 231 Å². The SMILES string of the molecule is C[C@H]1CN(C2CN(CCO)C2)CCN1c1cc(C#N)cc(Nc2nc(NC3CC3)n3ncc(C#N)c3n2)c1Cl. The van der Waals surface area contributed by atoms with Crippen LogP contribution < -0.4 is 15.5 Å². The standard InChI is InChI=1S/C26H30ClN11O/c1-16-13-36(20-14-35(15-20)6-7-39)4-5-37(16)22-9-17(10-28)8-21(23(22)27)32-25-33-24-18(11-29)12-30-38(24)26(34-25)31-19-2-3-19/h8-9,12,16,19-20,39H,2-7,13-15H2,1H3,(H2,31,32,33,34)/t16-/m0/s1. The number of hydrogen-bond donors (Lipinski definition) is 3. The molecule has 3 aromatic rings. The predicted molar refractivity (Wildman–Crippen MR) is 147 cm³/mol. The summed E-state index contributed by atoms with van der Waals surface area (Å²) in [6.45, 7) is 7.64. The average molecular weight is 548 g/mol. The molecule has 1 aromatic carbocycles. The average Bonchev–Trinajstić information content (AvgIpc) is 3.63. The van der Waals surface area contributed by atoms with Crippen molar-refractivity contribution in [2.45, 2.75) is 37.9 Å². The van der Waals surface area contributed by atoms with Crippen LogP contribution in [0.2, 0.25) is 5.02 Å². The molecule has 4 heterocycles. The summed E-state index contributed by atoms with van der Waals surface area (Å²) >= 11 is 6.97. The van der Waals surface area contributed by atoms with Crippen molar-refractivity contribution < 1.29 is 5.11 Å². The Morgan fingerprint density at radius 3 is 2.64 bits per heavy atom. The molecular weight excluding hydrogens is 518 g/mol. The van der Waals surface area contributed by atoms with Crippen molar-refractivity contribution >= 4 is 40.5 Å². The van der Waals surface area contributed by atoms with Crippen LogP contribution in [0.25, 0.3) is 5.65 Å². The van der Waals surface area contributed by atoms with E-state index in [1.165, 1.54) is 10.7 Å². The minimum Gasteiger partial charge on any atom is -0.395 e. The van der Waals surface area contributed by atoms with Gasteiger partial charge in [0.25, 0.3) is 0 Å². The van der Waals surface area contributed by atoms with Crippen molar-refractivity contribution in [3.05, 3.63) is 34.5 Å². The lowest BCUT2D eigenvalue weighted by Gasteiger charge is -2.50. The Morgan fingerprint density at radius 2 is 1.95 bits per heavy atom. The maximum atomic E-state index is 9.80. The van der Waals surface area contributed by atoms with Gasteiger partial charge in [0, 0.05) is 57.4 Å². The van der Waals surface area contributed by atoms with Crippen molar-refractivity contribution in [1.29, 1.82) is 10.5 Å². The summed E-state index contributed by atoms with van der Waals surface area (Å²) in [5.74, 6) is 0.762. The quantitative estimate of drug-likeness (QED) is 0.381. The van der Waals surface area contributed by atoms with Gasteiger partial charge in [-0.05, 0) is 31.9 Å². The Hall–Kier alpha value is -3.68. The summed E-state index contributed by atoms with van der Waals surface area (Å²) < 4.78 is 1.53. The number of nitriles is 2. The zero-order chi connectivity index (χ0) is 27.1. The van der Waals surface area contributed by atoms with Gasteiger partial charge in [0.05, 0.1) is 40.8 Å². The van der Waals surface area contributed by atoms with Gasteiger partial charge in [-0.1, -0.05) is 11.6 Å². The molecule has 0 spiro atoms. The lowest BCUT2D eigenvalue weighted by Crippen LogP contribution is -2.65. The molecule has 1 saturated carbocycles. The highest BCUT2D eigenvalue weighted by atomic mass is 35.5. The molecule has 0 radical (unpaired) electrons. The maximum absolute atomic E-state index is 9.80. The van der Waals surface area contributed by atoms with E-state index in [0.717, 1.165) is 57.8 Å². The summed E-state index contributed by atoms with van der Waals surface area (Å²) in [5.41, 5.74) is 2.53. The zero-order valence-corrected chi connectivity index (χ0v) is 22.4. The van der Waals surface area contributed by atoms with E-state index >= 15 is 0 Å². The van der Waals surface area contributed by atoms with Crippen LogP contribution in [0.15, 0.2) is 18.3 Å². The number of hydrogen-bond acceptors (Lipinski definition) is 11. The highest BCUT2D eigenvalue weighted by Gasteiger charge is 2.36. The normalized spacial score (nSPS) is 20.4. The first-order valence-electron chi connectivity index (χ1n) is 13.2. The molecule has 1 aliphatic carbocycles. The third-order valence-corrected chi connectivity index (χ3v) is 8.06. The third kappa shape index (κ3) is 5.04. The van der Waals surface area contributed by atoms with E-state index in [0.29, 0.717) is 45.5 Å². The topological polar surface area (TPSA) is 145 Å². The fourth-order valence-corrected chi connectivity index (χ4v) is 5.65. The molecule has 3 N–H and O–H groups in total. The van der Waals surface area contributed by atoms with Crippen LogP contribution in [-0.2, 0) is 0 Å². The lowest BCUT2D eigenvalue weighted by atomic mass is 10.0. The van der Waals surface area contributed by atoms with Crippen molar-refractivity contribution in [2.75, 3.05) is 61.4 Å². The van der Waals surface area contributed by atoms with Gasteiger partial charge in [0.1, 0.15) is 11.6 Å². The van der Waals surface area contributed by atoms with Crippen LogP contribution in [0.3, 0.4) is 0 Å². The smallest absolute Gasteiger partial charge is 0.232 e. The molecule has 6 rings (SSSR count). The number of likely N-dealkylation sites (tertiary alicyclic amines) is 1. The van der Waals surface area contributed by atoms with E-state index in [9.17, 15) is 10.5 Å². The Kier molecular flexibility index (Phi) is 6.87. The number of piperazine rings is 1. The van der Waals surface area contributed by atoms with Crippen molar-refractivity contribution in [2.24, 2.45) is 0 Å². The number of aromatic nitrogens is 4. The Bertz CT molecular complexity index is 1470. The van der Waals surface area contributed by atoms with Crippen LogP contribution in [0.5, 0.6) is 0 Å². The second kappa shape index (κ2) is 10.5. The fourth-order valence-electron chi connectivity index (χ4n) is 5.38. The molecule has 12 nitrogen and oxygen atoms in total. The van der Waals surface area contributed by atoms with Gasteiger partial charge in [-0.2, -0.15) is 30.1 Å². The number of aliphatic hydroxyl groups is 1. The number of nitrogens with one attached hydrogen (secondary N) is 2. The molecule has 0 bridgehead atoms. The van der Waals surface area contributed by atoms with E-state index < -0.39 is 0 Å². The first-order valence-corrected chi connectivity index (χ1v) is 13.6. The van der Waals surface area contributed by atoms with Crippen LogP contribution in [-0.4, -0.2) is 98.5 Å². The molecular formula is C26H30ClN11O. The molecule has 0 amide bonds. The Morgan fingerprint density at radius 1 is 1.13 bits per heavy atom. The first kappa shape index (κ1) is 25.6. The number of fused-ring (bicyclic) bond motifs is 1. The zero-order valence-electron chi connectivity index (χ0n) is 21.7. The van der Waals surface area contributed by atoms with Gasteiger partial charge in [0.2, 0.25) is 11.9 Å². The Balaban J connectivity index is 1.26. The number of halogens is 1. The molecule has 39 heavy (non-hydrogen) atoms. The van der Waals surface area contributed by atoms with Gasteiger partial charge >= 0.3 is 0 Å². The fraction of sp³-hybridized carbons (Fsp3) is 0.500. The highest BCUT2D eigenvalue weighted by molar-refractivity contribution is 6.36. The number of rotatable bonds is 8. The number of anilines is 4. The lowest BCUT2D eigenvalue weighted by molar-refractivity contribution is 0.0157. The van der Waals surface area contributed by atoms with Crippen LogP contribution >= 0.6 is 11.6 Å². The molecule has 2 saturated heterocycles. The van der Waals surface area contributed by atoms with Gasteiger partial charge in [-0.25, -0.2) is 0 Å². The van der Waals surface area contributed by atoms with Gasteiger partial charge in [0.15, 0.2) is 5.65 Å². The summed E-state index contributed by atoms with van der Waals surface area (Å²) in [6.07, 6.45) is 3.57. The molecule has 2 aliphatic heterocycles. The monoisotopic (exact) mass is 547 g/mol. The molecule has 13 heteroatoms. The predicted octanol–water partition coefficient (Wildman–Crippen LogP) is 2.03.